The number of aliphatic hydroxyl groups excluding tert-OH is 1. The van der Waals surface area contributed by atoms with Gasteiger partial charge >= 0.3 is 12.1 Å². The number of hydrogen-bond acceptors (Lipinski definition) is 2. The van der Waals surface area contributed by atoms with Gasteiger partial charge in [-0.3, -0.25) is 4.79 Å². The van der Waals surface area contributed by atoms with E-state index in [1.54, 1.807) is 24.3 Å². The van der Waals surface area contributed by atoms with Crippen molar-refractivity contribution in [2.24, 2.45) is 0 Å². The van der Waals surface area contributed by atoms with Gasteiger partial charge < -0.3 is 10.4 Å². The first-order valence-corrected chi connectivity index (χ1v) is 5.91. The lowest BCUT2D eigenvalue weighted by Crippen LogP contribution is -2.38. The molecule has 2 atom stereocenters. The van der Waals surface area contributed by atoms with Crippen molar-refractivity contribution in [1.29, 1.82) is 0 Å². The summed E-state index contributed by atoms with van der Waals surface area (Å²) in [4.78, 5) is 10.8. The maximum atomic E-state index is 12.1. The third-order valence-corrected chi connectivity index (χ3v) is 2.81. The molecule has 0 aliphatic carbocycles. The van der Waals surface area contributed by atoms with E-state index < -0.39 is 24.2 Å². The molecule has 2 N–H and O–H groups in total. The van der Waals surface area contributed by atoms with Gasteiger partial charge in [0.1, 0.15) is 0 Å². The second kappa shape index (κ2) is 6.06. The van der Waals surface area contributed by atoms with E-state index in [0.29, 0.717) is 17.5 Å². The fourth-order valence-corrected chi connectivity index (χ4v) is 1.60. The third-order valence-electron chi connectivity index (χ3n) is 2.81. The molecular weight excluding hydrogens is 259 g/mol. The maximum absolute atomic E-state index is 12.1. The van der Waals surface area contributed by atoms with Gasteiger partial charge in [-0.05, 0) is 24.5 Å². The first-order chi connectivity index (χ1) is 8.75. The average Bonchev–Trinajstić information content (AvgIpc) is 2.36. The number of carbonyl (C=O) groups excluding carboxylic acids is 1. The molecule has 0 aromatic heterocycles. The zero-order chi connectivity index (χ0) is 14.6. The molecule has 1 rings (SSSR count). The molecule has 19 heavy (non-hydrogen) atoms. The second-order valence-corrected chi connectivity index (χ2v) is 4.28. The summed E-state index contributed by atoms with van der Waals surface area (Å²) in [7, 11) is 0. The van der Waals surface area contributed by atoms with Crippen LogP contribution in [0.4, 0.5) is 13.2 Å². The van der Waals surface area contributed by atoms with Crippen LogP contribution in [0.3, 0.4) is 0 Å². The van der Waals surface area contributed by atoms with Crippen LogP contribution in [0.25, 0.3) is 0 Å². The minimum Gasteiger partial charge on any atom is -0.388 e. The predicted molar refractivity (Wildman–Crippen MR) is 64.3 cm³/mol. The molecule has 1 aromatic carbocycles. The highest BCUT2D eigenvalue weighted by Crippen LogP contribution is 2.21. The number of benzene rings is 1. The van der Waals surface area contributed by atoms with E-state index in [1.165, 1.54) is 6.92 Å². The third kappa shape index (κ3) is 4.24. The van der Waals surface area contributed by atoms with Gasteiger partial charge in [-0.25, -0.2) is 0 Å². The van der Waals surface area contributed by atoms with Crippen LogP contribution in [-0.4, -0.2) is 17.2 Å². The highest BCUT2D eigenvalue weighted by Gasteiger charge is 2.39. The van der Waals surface area contributed by atoms with Gasteiger partial charge in [0.25, 0.3) is 0 Å². The van der Waals surface area contributed by atoms with Crippen LogP contribution in [0.5, 0.6) is 0 Å². The quantitative estimate of drug-likeness (QED) is 0.887. The smallest absolute Gasteiger partial charge is 0.388 e. The number of hydrogen-bond donors (Lipinski definition) is 2. The van der Waals surface area contributed by atoms with Crippen molar-refractivity contribution in [3.8, 4) is 0 Å². The fraction of sp³-hybridized carbons (Fsp3) is 0.462. The Bertz CT molecular complexity index is 429. The molecule has 0 saturated carbocycles. The molecule has 1 aromatic rings. The largest absolute Gasteiger partial charge is 0.471 e. The lowest BCUT2D eigenvalue weighted by atomic mass is 10.0. The van der Waals surface area contributed by atoms with Crippen LogP contribution in [0.15, 0.2) is 24.3 Å². The SMILES string of the molecule is CCC(O)c1ccc([C@H](C)NC(=O)C(F)(F)F)cc1. The minimum absolute atomic E-state index is 0.546. The number of alkyl halides is 3. The molecule has 106 valence electrons. The van der Waals surface area contributed by atoms with E-state index >= 15 is 0 Å². The number of nitrogens with one attached hydrogen (secondary N) is 1. The summed E-state index contributed by atoms with van der Waals surface area (Å²) in [6.07, 6.45) is -4.92. The second-order valence-electron chi connectivity index (χ2n) is 4.28. The summed E-state index contributed by atoms with van der Waals surface area (Å²) in [5.74, 6) is -1.96. The lowest BCUT2D eigenvalue weighted by Gasteiger charge is -2.16. The van der Waals surface area contributed by atoms with Crippen LogP contribution in [-0.2, 0) is 4.79 Å². The van der Waals surface area contributed by atoms with Crippen LogP contribution in [0, 0.1) is 0 Å². The van der Waals surface area contributed by atoms with E-state index in [1.807, 2.05) is 12.2 Å². The molecule has 6 heteroatoms. The standard InChI is InChI=1S/C13H16F3NO2/c1-3-11(18)10-6-4-9(5-7-10)8(2)17-12(19)13(14,15)16/h4-8,11,18H,3H2,1-2H3,(H,17,19)/t8-,11?/m0/s1. The van der Waals surface area contributed by atoms with Crippen LogP contribution < -0.4 is 5.32 Å². The van der Waals surface area contributed by atoms with Gasteiger partial charge in [0.15, 0.2) is 0 Å². The topological polar surface area (TPSA) is 49.3 Å². The molecule has 3 nitrogen and oxygen atoms in total. The van der Waals surface area contributed by atoms with Crippen molar-refractivity contribution in [1.82, 2.24) is 5.32 Å². The molecule has 0 bridgehead atoms. The Kier molecular flexibility index (Phi) is 4.94. The van der Waals surface area contributed by atoms with Crippen molar-refractivity contribution >= 4 is 5.91 Å². The van der Waals surface area contributed by atoms with E-state index in [-0.39, 0.29) is 0 Å². The fourth-order valence-electron chi connectivity index (χ4n) is 1.60. The van der Waals surface area contributed by atoms with Gasteiger partial charge in [-0.1, -0.05) is 31.2 Å². The Morgan fingerprint density at radius 3 is 2.16 bits per heavy atom. The number of carbonyl (C=O) groups is 1. The lowest BCUT2D eigenvalue weighted by molar-refractivity contribution is -0.174. The first-order valence-electron chi connectivity index (χ1n) is 5.91. The monoisotopic (exact) mass is 275 g/mol. The summed E-state index contributed by atoms with van der Waals surface area (Å²) in [6, 6.07) is 5.71. The summed E-state index contributed by atoms with van der Waals surface area (Å²) < 4.78 is 36.3. The molecule has 0 heterocycles. The number of halogens is 3. The number of aliphatic hydroxyl groups is 1. The summed E-state index contributed by atoms with van der Waals surface area (Å²) in [5, 5.41) is 11.5. The molecular formula is C13H16F3NO2. The van der Waals surface area contributed by atoms with Gasteiger partial charge in [-0.15, -0.1) is 0 Å². The number of rotatable bonds is 4. The highest BCUT2D eigenvalue weighted by molar-refractivity contribution is 5.82. The molecule has 0 fully saturated rings. The Balaban J connectivity index is 2.73. The number of amides is 1. The van der Waals surface area contributed by atoms with E-state index in [4.69, 9.17) is 0 Å². The van der Waals surface area contributed by atoms with Crippen molar-refractivity contribution in [3.05, 3.63) is 35.4 Å². The zero-order valence-electron chi connectivity index (χ0n) is 10.7. The average molecular weight is 275 g/mol. The van der Waals surface area contributed by atoms with E-state index in [0.717, 1.165) is 0 Å². The minimum atomic E-state index is -4.88. The normalized spacial score (nSPS) is 14.8. The summed E-state index contributed by atoms with van der Waals surface area (Å²) in [6.45, 7) is 3.29. The van der Waals surface area contributed by atoms with Crippen LogP contribution >= 0.6 is 0 Å². The van der Waals surface area contributed by atoms with Gasteiger partial charge in [0.2, 0.25) is 0 Å². The Morgan fingerprint density at radius 1 is 1.26 bits per heavy atom. The Morgan fingerprint density at radius 2 is 1.74 bits per heavy atom. The Hall–Kier alpha value is -1.56. The maximum Gasteiger partial charge on any atom is 0.471 e. The zero-order valence-corrected chi connectivity index (χ0v) is 10.7. The van der Waals surface area contributed by atoms with Gasteiger partial charge in [-0.2, -0.15) is 13.2 Å². The first kappa shape index (κ1) is 15.5. The molecule has 0 spiro atoms. The van der Waals surface area contributed by atoms with Crippen molar-refractivity contribution in [2.75, 3.05) is 0 Å². The predicted octanol–water partition coefficient (Wildman–Crippen LogP) is 2.87. The molecule has 1 amide bonds. The van der Waals surface area contributed by atoms with E-state index in [2.05, 4.69) is 0 Å². The molecule has 0 radical (unpaired) electrons. The van der Waals surface area contributed by atoms with Crippen LogP contribution in [0.2, 0.25) is 0 Å². The van der Waals surface area contributed by atoms with Crippen molar-refractivity contribution in [3.63, 3.8) is 0 Å². The summed E-state index contributed by atoms with van der Waals surface area (Å²) in [5.41, 5.74) is 1.24. The van der Waals surface area contributed by atoms with Crippen molar-refractivity contribution < 1.29 is 23.1 Å². The van der Waals surface area contributed by atoms with Gasteiger partial charge in [0, 0.05) is 0 Å². The van der Waals surface area contributed by atoms with Crippen molar-refractivity contribution in [2.45, 2.75) is 38.6 Å². The molecule has 0 aliphatic rings. The molecule has 1 unspecified atom stereocenters. The van der Waals surface area contributed by atoms with Gasteiger partial charge in [0.05, 0.1) is 12.1 Å². The van der Waals surface area contributed by atoms with Crippen LogP contribution in [0.1, 0.15) is 43.5 Å². The summed E-state index contributed by atoms with van der Waals surface area (Å²) >= 11 is 0. The highest BCUT2D eigenvalue weighted by atomic mass is 19.4. The van der Waals surface area contributed by atoms with E-state index in [9.17, 15) is 23.1 Å². The molecule has 0 aliphatic heterocycles. The molecule has 0 saturated heterocycles. The Labute approximate surface area is 109 Å².